The van der Waals surface area contributed by atoms with Crippen molar-refractivity contribution in [2.24, 2.45) is 0 Å². The number of halogens is 3. The van der Waals surface area contributed by atoms with E-state index < -0.39 is 23.6 Å². The number of aliphatic hydroxyl groups excluding tert-OH is 1. The molecule has 2 heterocycles. The summed E-state index contributed by atoms with van der Waals surface area (Å²) >= 11 is 2.36. The van der Waals surface area contributed by atoms with Crippen LogP contribution in [0, 0.1) is 0 Å². The van der Waals surface area contributed by atoms with Crippen LogP contribution in [0.1, 0.15) is 16.0 Å². The Morgan fingerprint density at radius 3 is 2.52 bits per heavy atom. The number of aliphatic hydroxyl groups is 1. The summed E-state index contributed by atoms with van der Waals surface area (Å²) in [6.07, 6.45) is -4.50. The van der Waals surface area contributed by atoms with Gasteiger partial charge in [-0.25, -0.2) is 0 Å². The number of hydrogen-bond acceptors (Lipinski definition) is 5. The maximum atomic E-state index is 12.9. The van der Waals surface area contributed by atoms with Crippen molar-refractivity contribution in [2.75, 3.05) is 12.4 Å². The molecule has 0 fully saturated rings. The van der Waals surface area contributed by atoms with Crippen LogP contribution in [-0.4, -0.2) is 34.2 Å². The molecular formula is C18H14F3NO3S2. The quantitative estimate of drug-likeness (QED) is 0.733. The van der Waals surface area contributed by atoms with E-state index in [-0.39, 0.29) is 34.9 Å². The first-order valence-electron chi connectivity index (χ1n) is 7.87. The van der Waals surface area contributed by atoms with E-state index >= 15 is 0 Å². The lowest BCUT2D eigenvalue weighted by Gasteiger charge is -2.16. The summed E-state index contributed by atoms with van der Waals surface area (Å²) in [5.41, 5.74) is -0.383. The zero-order valence-corrected chi connectivity index (χ0v) is 15.5. The van der Waals surface area contributed by atoms with Crippen molar-refractivity contribution < 1.29 is 27.9 Å². The average Bonchev–Trinajstić information content (AvgIpc) is 3.22. The first-order chi connectivity index (χ1) is 12.8. The number of benzene rings is 1. The van der Waals surface area contributed by atoms with Crippen molar-refractivity contribution in [2.45, 2.75) is 12.7 Å². The first kappa shape index (κ1) is 19.7. The number of carbonyl (C=O) groups is 2. The maximum Gasteiger partial charge on any atom is 0.416 e. The fourth-order valence-corrected chi connectivity index (χ4v) is 4.35. The average molecular weight is 413 g/mol. The van der Waals surface area contributed by atoms with Gasteiger partial charge in [0.05, 0.1) is 29.2 Å². The first-order valence-corrected chi connectivity index (χ1v) is 9.73. The molecule has 0 spiro atoms. The zero-order valence-electron chi connectivity index (χ0n) is 13.8. The molecule has 2 aromatic rings. The Bertz CT molecular complexity index is 892. The number of rotatable bonds is 6. The van der Waals surface area contributed by atoms with Gasteiger partial charge in [-0.3, -0.25) is 14.5 Å². The molecule has 1 N–H and O–H groups in total. The molecule has 142 valence electrons. The smallest absolute Gasteiger partial charge is 0.396 e. The normalized spacial score (nSPS) is 15.2. The van der Waals surface area contributed by atoms with Crippen LogP contribution < -0.4 is 0 Å². The molecular weight excluding hydrogens is 399 g/mol. The molecule has 1 aromatic carbocycles. The molecule has 0 unspecified atom stereocenters. The predicted molar refractivity (Wildman–Crippen MR) is 97.8 cm³/mol. The number of nitrogens with zero attached hydrogens (tertiary/aromatic N) is 1. The highest BCUT2D eigenvalue weighted by Gasteiger charge is 2.39. The molecule has 3 rings (SSSR count). The third-order valence-electron chi connectivity index (χ3n) is 3.83. The molecule has 0 saturated heterocycles. The fraction of sp³-hybridized carbons (Fsp3) is 0.222. The molecule has 1 aliphatic rings. The van der Waals surface area contributed by atoms with E-state index in [1.807, 2.05) is 0 Å². The molecule has 1 aromatic heterocycles. The van der Waals surface area contributed by atoms with Crippen molar-refractivity contribution in [3.8, 4) is 0 Å². The molecule has 9 heteroatoms. The monoisotopic (exact) mass is 413 g/mol. The summed E-state index contributed by atoms with van der Waals surface area (Å²) < 4.78 is 38.7. The van der Waals surface area contributed by atoms with E-state index in [1.165, 1.54) is 23.5 Å². The van der Waals surface area contributed by atoms with Crippen molar-refractivity contribution in [1.29, 1.82) is 0 Å². The minimum Gasteiger partial charge on any atom is -0.396 e. The number of alkyl halides is 3. The van der Waals surface area contributed by atoms with Crippen molar-refractivity contribution in [3.63, 3.8) is 0 Å². The number of imide groups is 1. The number of thioether (sulfide) groups is 1. The minimum absolute atomic E-state index is 0.166. The highest BCUT2D eigenvalue weighted by Crippen LogP contribution is 2.38. The maximum absolute atomic E-state index is 12.9. The van der Waals surface area contributed by atoms with Crippen LogP contribution in [0.5, 0.6) is 0 Å². The molecule has 2 amide bonds. The van der Waals surface area contributed by atoms with Gasteiger partial charge in [-0.1, -0.05) is 18.2 Å². The topological polar surface area (TPSA) is 57.6 Å². The molecule has 0 bridgehead atoms. The van der Waals surface area contributed by atoms with E-state index in [0.29, 0.717) is 4.88 Å². The zero-order chi connectivity index (χ0) is 19.6. The SMILES string of the molecule is O=C1C(SCCO)=C(c2cccs2)C(=O)N1Cc1cccc(C(F)(F)F)c1. The van der Waals surface area contributed by atoms with Crippen LogP contribution in [0.4, 0.5) is 13.2 Å². The Balaban J connectivity index is 1.91. The van der Waals surface area contributed by atoms with Crippen LogP contribution >= 0.6 is 23.1 Å². The summed E-state index contributed by atoms with van der Waals surface area (Å²) in [4.78, 5) is 27.3. The second kappa shape index (κ2) is 7.87. The van der Waals surface area contributed by atoms with Gasteiger partial charge in [0, 0.05) is 10.6 Å². The van der Waals surface area contributed by atoms with Crippen molar-refractivity contribution in [1.82, 2.24) is 4.90 Å². The molecule has 0 aliphatic carbocycles. The van der Waals surface area contributed by atoms with Gasteiger partial charge in [-0.15, -0.1) is 23.1 Å². The van der Waals surface area contributed by atoms with Crippen LogP contribution in [-0.2, 0) is 22.3 Å². The van der Waals surface area contributed by atoms with Crippen LogP contribution in [0.15, 0.2) is 46.7 Å². The highest BCUT2D eigenvalue weighted by molar-refractivity contribution is 8.04. The van der Waals surface area contributed by atoms with Crippen LogP contribution in [0.25, 0.3) is 5.57 Å². The molecule has 1 aliphatic heterocycles. The van der Waals surface area contributed by atoms with Crippen molar-refractivity contribution >= 4 is 40.5 Å². The van der Waals surface area contributed by atoms with Crippen LogP contribution in [0.3, 0.4) is 0 Å². The fourth-order valence-electron chi connectivity index (χ4n) is 2.65. The third kappa shape index (κ3) is 4.10. The second-order valence-electron chi connectivity index (χ2n) is 5.65. The summed E-state index contributed by atoms with van der Waals surface area (Å²) in [5.74, 6) is -0.861. The Hall–Kier alpha value is -2.10. The van der Waals surface area contributed by atoms with E-state index in [9.17, 15) is 22.8 Å². The van der Waals surface area contributed by atoms with Gasteiger partial charge in [-0.2, -0.15) is 13.2 Å². The lowest BCUT2D eigenvalue weighted by atomic mass is 10.1. The lowest BCUT2D eigenvalue weighted by Crippen LogP contribution is -2.31. The summed E-state index contributed by atoms with van der Waals surface area (Å²) in [6.45, 7) is -0.416. The number of carbonyl (C=O) groups excluding carboxylic acids is 2. The molecule has 27 heavy (non-hydrogen) atoms. The molecule has 0 saturated carbocycles. The summed E-state index contributed by atoms with van der Waals surface area (Å²) in [6, 6.07) is 8.02. The Kier molecular flexibility index (Phi) is 5.73. The lowest BCUT2D eigenvalue weighted by molar-refractivity contribution is -0.137. The van der Waals surface area contributed by atoms with E-state index in [1.54, 1.807) is 17.5 Å². The number of thiophene rings is 1. The Morgan fingerprint density at radius 2 is 1.89 bits per heavy atom. The number of amides is 2. The summed E-state index contributed by atoms with van der Waals surface area (Å²) in [5, 5.41) is 10.8. The predicted octanol–water partition coefficient (Wildman–Crippen LogP) is 3.77. The molecule has 0 atom stereocenters. The minimum atomic E-state index is -4.50. The van der Waals surface area contributed by atoms with Crippen molar-refractivity contribution in [3.05, 3.63) is 62.7 Å². The largest absolute Gasteiger partial charge is 0.416 e. The summed E-state index contributed by atoms with van der Waals surface area (Å²) in [7, 11) is 0. The standard InChI is InChI=1S/C18H14F3NO3S2/c19-18(20,21)12-4-1-3-11(9-12)10-22-16(24)14(13-5-2-7-26-13)15(17(22)25)27-8-6-23/h1-5,7,9,23H,6,8,10H2. The van der Waals surface area contributed by atoms with Gasteiger partial charge in [-0.05, 0) is 29.1 Å². The van der Waals surface area contributed by atoms with Gasteiger partial charge in [0.2, 0.25) is 0 Å². The van der Waals surface area contributed by atoms with Crippen LogP contribution in [0.2, 0.25) is 0 Å². The van der Waals surface area contributed by atoms with Gasteiger partial charge < -0.3 is 5.11 Å². The van der Waals surface area contributed by atoms with Gasteiger partial charge >= 0.3 is 6.18 Å². The molecule has 4 nitrogen and oxygen atoms in total. The van der Waals surface area contributed by atoms with E-state index in [4.69, 9.17) is 5.11 Å². The van der Waals surface area contributed by atoms with E-state index in [2.05, 4.69) is 0 Å². The van der Waals surface area contributed by atoms with E-state index in [0.717, 1.165) is 28.8 Å². The Morgan fingerprint density at radius 1 is 1.11 bits per heavy atom. The highest BCUT2D eigenvalue weighted by atomic mass is 32.2. The van der Waals surface area contributed by atoms with Gasteiger partial charge in [0.15, 0.2) is 0 Å². The Labute approximate surface area is 161 Å². The number of hydrogen-bond donors (Lipinski definition) is 1. The third-order valence-corrected chi connectivity index (χ3v) is 5.77. The molecule has 0 radical (unpaired) electrons. The second-order valence-corrected chi connectivity index (χ2v) is 7.70. The van der Waals surface area contributed by atoms with Gasteiger partial charge in [0.1, 0.15) is 0 Å². The van der Waals surface area contributed by atoms with Gasteiger partial charge in [0.25, 0.3) is 11.8 Å².